The van der Waals surface area contributed by atoms with Gasteiger partial charge in [-0.05, 0) is 104 Å². The first-order valence-corrected chi connectivity index (χ1v) is 13.9. The van der Waals surface area contributed by atoms with E-state index in [-0.39, 0.29) is 17.9 Å². The van der Waals surface area contributed by atoms with Crippen molar-refractivity contribution in [1.82, 2.24) is 5.01 Å². The highest BCUT2D eigenvalue weighted by atomic mass is 35.5. The minimum Gasteiger partial charge on any atom is -0.266 e. The molecule has 1 saturated carbocycles. The molecular weight excluding hydrogens is 495 g/mol. The molecule has 178 valence electrons. The molecule has 35 heavy (non-hydrogen) atoms. The number of benzene rings is 2. The second-order valence-corrected chi connectivity index (χ2v) is 11.6. The second-order valence-electron chi connectivity index (χ2n) is 9.62. The van der Waals surface area contributed by atoms with Crippen molar-refractivity contribution in [2.24, 2.45) is 11.0 Å². The highest BCUT2D eigenvalue weighted by Crippen LogP contribution is 2.45. The number of aryl methyl sites for hydroxylation is 2. The lowest BCUT2D eigenvalue weighted by atomic mass is 9.77. The maximum atomic E-state index is 13.9. The number of halogens is 2. The number of carbonyl (C=O) groups is 1. The van der Waals surface area contributed by atoms with Gasteiger partial charge in [-0.25, -0.2) is 5.01 Å². The SMILES string of the molecule is O=C(c1cc2c(s1)CCCC2)N1N=C2/C(=C/c3ccc(Cl)cc3)CCC[C@H]2[C@@H]1c1ccc(Cl)cc1. The van der Waals surface area contributed by atoms with Gasteiger partial charge in [0.25, 0.3) is 5.91 Å². The summed E-state index contributed by atoms with van der Waals surface area (Å²) in [5, 5.41) is 8.24. The molecule has 2 aromatic carbocycles. The maximum Gasteiger partial charge on any atom is 0.284 e. The summed E-state index contributed by atoms with van der Waals surface area (Å²) in [6, 6.07) is 17.8. The Morgan fingerprint density at radius 3 is 2.40 bits per heavy atom. The molecule has 1 aliphatic heterocycles. The zero-order valence-corrected chi connectivity index (χ0v) is 21.7. The fourth-order valence-electron chi connectivity index (χ4n) is 5.63. The van der Waals surface area contributed by atoms with E-state index in [1.54, 1.807) is 16.3 Å². The molecule has 2 atom stereocenters. The van der Waals surface area contributed by atoms with Gasteiger partial charge in [0.2, 0.25) is 0 Å². The number of nitrogens with zero attached hydrogens (tertiary/aromatic N) is 2. The molecule has 3 nitrogen and oxygen atoms in total. The Morgan fingerprint density at radius 1 is 0.943 bits per heavy atom. The van der Waals surface area contributed by atoms with Gasteiger partial charge in [-0.3, -0.25) is 4.79 Å². The van der Waals surface area contributed by atoms with Crippen molar-refractivity contribution < 1.29 is 4.79 Å². The van der Waals surface area contributed by atoms with Crippen LogP contribution < -0.4 is 0 Å². The largest absolute Gasteiger partial charge is 0.284 e. The highest BCUT2D eigenvalue weighted by molar-refractivity contribution is 7.14. The first-order valence-electron chi connectivity index (χ1n) is 12.3. The monoisotopic (exact) mass is 520 g/mol. The molecule has 6 heteroatoms. The minimum absolute atomic E-state index is 0.0112. The van der Waals surface area contributed by atoms with Gasteiger partial charge in [-0.1, -0.05) is 47.5 Å². The minimum atomic E-state index is -0.122. The van der Waals surface area contributed by atoms with Gasteiger partial charge in [0.1, 0.15) is 0 Å². The first-order chi connectivity index (χ1) is 17.1. The van der Waals surface area contributed by atoms with E-state index < -0.39 is 0 Å². The van der Waals surface area contributed by atoms with Crippen molar-refractivity contribution >= 4 is 52.2 Å². The quantitative estimate of drug-likeness (QED) is 0.341. The number of rotatable bonds is 3. The van der Waals surface area contributed by atoms with E-state index >= 15 is 0 Å². The Bertz CT molecular complexity index is 1300. The molecule has 0 spiro atoms. The van der Waals surface area contributed by atoms with Crippen molar-refractivity contribution in [2.45, 2.75) is 51.0 Å². The molecule has 2 heterocycles. The Morgan fingerprint density at radius 2 is 1.66 bits per heavy atom. The standard InChI is InChI=1S/C29H26Cl2N2OS/c30-22-12-8-18(9-13-22)16-21-5-3-6-24-27(21)32-33(28(24)19-10-14-23(31)15-11-19)29(34)26-17-20-4-1-2-7-25(20)35-26/h8-17,24,28H,1-7H2/b21-16+/t24-,28+/m1/s1. The predicted molar refractivity (Wildman–Crippen MR) is 146 cm³/mol. The zero-order valence-electron chi connectivity index (χ0n) is 19.3. The molecule has 1 amide bonds. The fraction of sp³-hybridized carbons (Fsp3) is 0.310. The molecule has 0 unspecified atom stereocenters. The van der Waals surface area contributed by atoms with E-state index in [0.717, 1.165) is 58.8 Å². The van der Waals surface area contributed by atoms with Gasteiger partial charge >= 0.3 is 0 Å². The average molecular weight is 522 g/mol. The van der Waals surface area contributed by atoms with Crippen LogP contribution in [0.2, 0.25) is 10.0 Å². The lowest BCUT2D eigenvalue weighted by Crippen LogP contribution is -2.31. The van der Waals surface area contributed by atoms with Crippen molar-refractivity contribution in [3.05, 3.63) is 96.7 Å². The van der Waals surface area contributed by atoms with Gasteiger partial charge in [0.05, 0.1) is 16.6 Å². The fourth-order valence-corrected chi connectivity index (χ4v) is 7.07. The van der Waals surface area contributed by atoms with Gasteiger partial charge in [0.15, 0.2) is 0 Å². The van der Waals surface area contributed by atoms with Crippen LogP contribution in [0.25, 0.3) is 6.08 Å². The Labute approximate surface area is 220 Å². The smallest absolute Gasteiger partial charge is 0.266 e. The third-order valence-corrected chi connectivity index (χ3v) is 9.07. The normalized spacial score (nSPS) is 22.6. The van der Waals surface area contributed by atoms with E-state index in [4.69, 9.17) is 28.3 Å². The molecule has 1 fully saturated rings. The van der Waals surface area contributed by atoms with Crippen LogP contribution in [-0.2, 0) is 12.8 Å². The maximum absolute atomic E-state index is 13.9. The lowest BCUT2D eigenvalue weighted by molar-refractivity contribution is 0.0686. The Balaban J connectivity index is 1.41. The van der Waals surface area contributed by atoms with Crippen LogP contribution in [0.3, 0.4) is 0 Å². The lowest BCUT2D eigenvalue weighted by Gasteiger charge is -2.29. The molecular formula is C29H26Cl2N2OS. The molecule has 2 aliphatic carbocycles. The number of amides is 1. The molecule has 0 radical (unpaired) electrons. The van der Waals surface area contributed by atoms with Gasteiger partial charge < -0.3 is 0 Å². The number of hydrogen-bond donors (Lipinski definition) is 0. The third-order valence-electron chi connectivity index (χ3n) is 7.34. The van der Waals surface area contributed by atoms with Crippen molar-refractivity contribution in [1.29, 1.82) is 0 Å². The summed E-state index contributed by atoms with van der Waals surface area (Å²) < 4.78 is 0. The summed E-state index contributed by atoms with van der Waals surface area (Å²) in [6.45, 7) is 0. The third kappa shape index (κ3) is 4.48. The number of allylic oxidation sites excluding steroid dienone is 1. The molecule has 0 N–H and O–H groups in total. The van der Waals surface area contributed by atoms with Crippen LogP contribution in [0, 0.1) is 5.92 Å². The van der Waals surface area contributed by atoms with E-state index in [2.05, 4.69) is 12.1 Å². The Hall–Kier alpha value is -2.40. The average Bonchev–Trinajstić information content (AvgIpc) is 3.48. The van der Waals surface area contributed by atoms with Crippen LogP contribution in [0.4, 0.5) is 0 Å². The number of hydrogen-bond acceptors (Lipinski definition) is 3. The summed E-state index contributed by atoms with van der Waals surface area (Å²) in [5.41, 5.74) is 5.79. The van der Waals surface area contributed by atoms with E-state index in [0.29, 0.717) is 5.02 Å². The number of carbonyl (C=O) groups excluding carboxylic acids is 1. The number of fused-ring (bicyclic) bond motifs is 2. The van der Waals surface area contributed by atoms with Crippen LogP contribution in [0.5, 0.6) is 0 Å². The van der Waals surface area contributed by atoms with Crippen molar-refractivity contribution in [3.8, 4) is 0 Å². The molecule has 3 aliphatic rings. The van der Waals surface area contributed by atoms with E-state index in [9.17, 15) is 4.79 Å². The predicted octanol–water partition coefficient (Wildman–Crippen LogP) is 8.37. The Kier molecular flexibility index (Phi) is 6.30. The second kappa shape index (κ2) is 9.57. The molecule has 1 aromatic heterocycles. The van der Waals surface area contributed by atoms with Crippen LogP contribution >= 0.6 is 34.5 Å². The molecule has 6 rings (SSSR count). The summed E-state index contributed by atoms with van der Waals surface area (Å²) in [6.07, 6.45) is 9.82. The van der Waals surface area contributed by atoms with Gasteiger partial charge in [-0.2, -0.15) is 5.10 Å². The summed E-state index contributed by atoms with van der Waals surface area (Å²) in [5.74, 6) is 0.180. The molecule has 0 bridgehead atoms. The molecule has 0 saturated heterocycles. The number of thiophene rings is 1. The zero-order chi connectivity index (χ0) is 23.9. The van der Waals surface area contributed by atoms with Crippen LogP contribution in [0.15, 0.2) is 65.3 Å². The van der Waals surface area contributed by atoms with Crippen molar-refractivity contribution in [3.63, 3.8) is 0 Å². The first kappa shape index (κ1) is 23.0. The summed E-state index contributed by atoms with van der Waals surface area (Å²) in [7, 11) is 0. The van der Waals surface area contributed by atoms with Gasteiger partial charge in [0, 0.05) is 20.8 Å². The van der Waals surface area contributed by atoms with E-state index in [1.165, 1.54) is 28.9 Å². The van der Waals surface area contributed by atoms with Crippen LogP contribution in [-0.4, -0.2) is 16.6 Å². The highest BCUT2D eigenvalue weighted by Gasteiger charge is 2.44. The van der Waals surface area contributed by atoms with E-state index in [1.807, 2.05) is 48.5 Å². The summed E-state index contributed by atoms with van der Waals surface area (Å²) >= 11 is 14.0. The van der Waals surface area contributed by atoms with Crippen molar-refractivity contribution in [2.75, 3.05) is 0 Å². The summed E-state index contributed by atoms with van der Waals surface area (Å²) in [4.78, 5) is 16.1. The number of hydrazone groups is 1. The van der Waals surface area contributed by atoms with Crippen LogP contribution in [0.1, 0.15) is 69.4 Å². The molecule has 3 aromatic rings. The topological polar surface area (TPSA) is 32.7 Å². The van der Waals surface area contributed by atoms with Gasteiger partial charge in [-0.15, -0.1) is 11.3 Å².